The molecule has 1 unspecified atom stereocenters. The molecule has 0 aromatic heterocycles. The van der Waals surface area contributed by atoms with E-state index < -0.39 is 0 Å². The van der Waals surface area contributed by atoms with Crippen LogP contribution >= 0.6 is 0 Å². The van der Waals surface area contributed by atoms with Crippen molar-refractivity contribution in [1.82, 2.24) is 0 Å². The highest BCUT2D eigenvalue weighted by Gasteiger charge is 2.19. The van der Waals surface area contributed by atoms with Gasteiger partial charge in [-0.1, -0.05) is 48.0 Å². The van der Waals surface area contributed by atoms with Crippen LogP contribution in [0, 0.1) is 0 Å². The smallest absolute Gasteiger partial charge is 0.0392 e. The van der Waals surface area contributed by atoms with Gasteiger partial charge in [0.15, 0.2) is 0 Å². The maximum Gasteiger partial charge on any atom is 0.0392 e. The zero-order valence-electron chi connectivity index (χ0n) is 8.62. The Balaban J connectivity index is 2.41. The molecule has 0 fully saturated rings. The van der Waals surface area contributed by atoms with Crippen molar-refractivity contribution in [2.24, 2.45) is 0 Å². The molecular weight excluding hydrogens is 196 g/mol. The SMILES string of the molecule is CC1=Cc2c(ccc3ccccc23)C1[Si]. The van der Waals surface area contributed by atoms with E-state index >= 15 is 0 Å². The first-order valence-corrected chi connectivity index (χ1v) is 5.76. The number of hydrogen-bond donors (Lipinski definition) is 0. The van der Waals surface area contributed by atoms with E-state index in [1.165, 1.54) is 27.5 Å². The molecule has 0 spiro atoms. The zero-order chi connectivity index (χ0) is 10.4. The Morgan fingerprint density at radius 1 is 1.07 bits per heavy atom. The third kappa shape index (κ3) is 1.20. The molecule has 1 aliphatic carbocycles. The average Bonchev–Trinajstić information content (AvgIpc) is 2.56. The van der Waals surface area contributed by atoms with E-state index in [2.05, 4.69) is 59.6 Å². The quantitative estimate of drug-likeness (QED) is 0.580. The second-order valence-electron chi connectivity index (χ2n) is 4.11. The summed E-state index contributed by atoms with van der Waals surface area (Å²) in [4.78, 5) is 0. The van der Waals surface area contributed by atoms with Crippen LogP contribution in [0.25, 0.3) is 16.8 Å². The highest BCUT2D eigenvalue weighted by molar-refractivity contribution is 6.17. The topological polar surface area (TPSA) is 0 Å². The van der Waals surface area contributed by atoms with Crippen LogP contribution in [0.5, 0.6) is 0 Å². The van der Waals surface area contributed by atoms with Crippen molar-refractivity contribution in [2.45, 2.75) is 12.5 Å². The summed E-state index contributed by atoms with van der Waals surface area (Å²) < 4.78 is 0. The summed E-state index contributed by atoms with van der Waals surface area (Å²) >= 11 is 0. The van der Waals surface area contributed by atoms with Gasteiger partial charge >= 0.3 is 0 Å². The summed E-state index contributed by atoms with van der Waals surface area (Å²) in [5.74, 6) is 0. The van der Waals surface area contributed by atoms with Gasteiger partial charge in [0.25, 0.3) is 0 Å². The Kier molecular flexibility index (Phi) is 1.83. The molecule has 0 saturated heterocycles. The monoisotopic (exact) mass is 207 g/mol. The first-order valence-electron chi connectivity index (χ1n) is 5.18. The van der Waals surface area contributed by atoms with Gasteiger partial charge in [-0.05, 0) is 34.4 Å². The largest absolute Gasteiger partial charge is 0.0688 e. The van der Waals surface area contributed by atoms with Gasteiger partial charge in [-0.15, -0.1) is 0 Å². The second kappa shape index (κ2) is 3.07. The lowest BCUT2D eigenvalue weighted by Gasteiger charge is -2.08. The molecule has 2 aromatic carbocycles. The van der Waals surface area contributed by atoms with Crippen LogP contribution in [-0.2, 0) is 0 Å². The fourth-order valence-electron chi connectivity index (χ4n) is 2.28. The molecule has 0 amide bonds. The van der Waals surface area contributed by atoms with Crippen LogP contribution in [-0.4, -0.2) is 10.2 Å². The molecule has 0 bridgehead atoms. The Morgan fingerprint density at radius 2 is 1.87 bits per heavy atom. The van der Waals surface area contributed by atoms with Gasteiger partial charge in [0.1, 0.15) is 0 Å². The molecule has 0 saturated carbocycles. The van der Waals surface area contributed by atoms with E-state index in [-0.39, 0.29) is 0 Å². The summed E-state index contributed by atoms with van der Waals surface area (Å²) in [5.41, 5.74) is 4.55. The van der Waals surface area contributed by atoms with Crippen LogP contribution < -0.4 is 0 Å². The highest BCUT2D eigenvalue weighted by Crippen LogP contribution is 2.37. The van der Waals surface area contributed by atoms with Crippen molar-refractivity contribution in [1.29, 1.82) is 0 Å². The molecule has 1 atom stereocenters. The number of rotatable bonds is 0. The van der Waals surface area contributed by atoms with Gasteiger partial charge in [-0.25, -0.2) is 0 Å². The van der Waals surface area contributed by atoms with E-state index in [0.717, 1.165) is 0 Å². The zero-order valence-corrected chi connectivity index (χ0v) is 9.62. The molecular formula is C14H11Si. The molecule has 0 heterocycles. The van der Waals surface area contributed by atoms with Crippen molar-refractivity contribution < 1.29 is 0 Å². The van der Waals surface area contributed by atoms with Gasteiger partial charge in [0, 0.05) is 10.2 Å². The van der Waals surface area contributed by atoms with Crippen molar-refractivity contribution in [3.63, 3.8) is 0 Å². The lowest BCUT2D eigenvalue weighted by atomic mass is 10.0. The highest BCUT2D eigenvalue weighted by atomic mass is 28.1. The minimum atomic E-state index is 0.393. The van der Waals surface area contributed by atoms with E-state index in [1.54, 1.807) is 0 Å². The van der Waals surface area contributed by atoms with Crippen molar-refractivity contribution >= 4 is 27.1 Å². The summed E-state index contributed by atoms with van der Waals surface area (Å²) in [5, 5.41) is 2.68. The van der Waals surface area contributed by atoms with Crippen LogP contribution in [0.15, 0.2) is 42.0 Å². The molecule has 3 rings (SSSR count). The minimum absolute atomic E-state index is 0.393. The second-order valence-corrected chi connectivity index (χ2v) is 4.69. The van der Waals surface area contributed by atoms with Crippen molar-refractivity contribution in [3.05, 3.63) is 53.1 Å². The lowest BCUT2D eigenvalue weighted by molar-refractivity contribution is 1.14. The lowest BCUT2D eigenvalue weighted by Crippen LogP contribution is -1.95. The fraction of sp³-hybridized carbons (Fsp3) is 0.143. The summed E-state index contributed by atoms with van der Waals surface area (Å²) in [6, 6.07) is 13.0. The maximum atomic E-state index is 3.77. The molecule has 1 aliphatic rings. The molecule has 2 aromatic rings. The molecule has 0 aliphatic heterocycles. The standard InChI is InChI=1S/C14H11Si/c1-9-8-13-11-5-3-2-4-10(11)6-7-12(13)14(9)15/h2-8,14H,1H3. The molecule has 3 radical (unpaired) electrons. The number of allylic oxidation sites excluding steroid dienone is 1. The van der Waals surface area contributed by atoms with Crippen LogP contribution in [0.2, 0.25) is 0 Å². The molecule has 15 heavy (non-hydrogen) atoms. The van der Waals surface area contributed by atoms with Gasteiger partial charge in [-0.2, -0.15) is 0 Å². The third-order valence-electron chi connectivity index (χ3n) is 3.14. The molecule has 0 nitrogen and oxygen atoms in total. The summed E-state index contributed by atoms with van der Waals surface area (Å²) in [6.07, 6.45) is 2.29. The van der Waals surface area contributed by atoms with E-state index in [0.29, 0.717) is 5.54 Å². The predicted molar refractivity (Wildman–Crippen MR) is 66.1 cm³/mol. The fourth-order valence-corrected chi connectivity index (χ4v) is 2.62. The first kappa shape index (κ1) is 8.92. The normalized spacial score (nSPS) is 19.1. The summed E-state index contributed by atoms with van der Waals surface area (Å²) in [7, 11) is 3.77. The predicted octanol–water partition coefficient (Wildman–Crippen LogP) is 3.47. The summed E-state index contributed by atoms with van der Waals surface area (Å²) in [6.45, 7) is 2.17. The number of hydrogen-bond acceptors (Lipinski definition) is 0. The average molecular weight is 207 g/mol. The van der Waals surface area contributed by atoms with Crippen LogP contribution in [0.4, 0.5) is 0 Å². The number of fused-ring (bicyclic) bond motifs is 3. The van der Waals surface area contributed by atoms with E-state index in [1.807, 2.05) is 0 Å². The van der Waals surface area contributed by atoms with Gasteiger partial charge in [-0.3, -0.25) is 0 Å². The van der Waals surface area contributed by atoms with Crippen molar-refractivity contribution in [2.75, 3.05) is 0 Å². The van der Waals surface area contributed by atoms with Crippen LogP contribution in [0.3, 0.4) is 0 Å². The number of benzene rings is 2. The van der Waals surface area contributed by atoms with Gasteiger partial charge < -0.3 is 0 Å². The van der Waals surface area contributed by atoms with Gasteiger partial charge in [0.05, 0.1) is 0 Å². The van der Waals surface area contributed by atoms with Crippen molar-refractivity contribution in [3.8, 4) is 0 Å². The van der Waals surface area contributed by atoms with Crippen LogP contribution in [0.1, 0.15) is 23.6 Å². The van der Waals surface area contributed by atoms with E-state index in [4.69, 9.17) is 0 Å². The maximum absolute atomic E-state index is 3.77. The third-order valence-corrected chi connectivity index (χ3v) is 3.91. The Labute approximate surface area is 93.0 Å². The van der Waals surface area contributed by atoms with E-state index in [9.17, 15) is 0 Å². The minimum Gasteiger partial charge on any atom is -0.0688 e. The molecule has 71 valence electrons. The molecule has 1 heteroatoms. The molecule has 0 N–H and O–H groups in total. The Bertz CT molecular complexity index is 567. The first-order chi connectivity index (χ1) is 7.27. The Hall–Kier alpha value is -1.34. The Morgan fingerprint density at radius 3 is 2.73 bits per heavy atom. The van der Waals surface area contributed by atoms with Gasteiger partial charge in [0.2, 0.25) is 0 Å².